The van der Waals surface area contributed by atoms with E-state index in [0.29, 0.717) is 6.54 Å². The molecule has 5 nitrogen and oxygen atoms in total. The minimum Gasteiger partial charge on any atom is -0.341 e. The molecule has 0 saturated heterocycles. The molecule has 1 amide bonds. The SMILES string of the molecule is CC(C)CN(C)C(=O)c1cc(S(N)(=O)=O)cc(Cl)c1Cl. The molecule has 0 heterocycles. The average molecular weight is 339 g/mol. The summed E-state index contributed by atoms with van der Waals surface area (Å²) in [6.07, 6.45) is 0. The lowest BCUT2D eigenvalue weighted by Gasteiger charge is -2.20. The molecule has 0 bridgehead atoms. The van der Waals surface area contributed by atoms with Gasteiger partial charge in [-0.25, -0.2) is 13.6 Å². The highest BCUT2D eigenvalue weighted by Crippen LogP contribution is 2.30. The third-order valence-electron chi connectivity index (χ3n) is 2.55. The van der Waals surface area contributed by atoms with Crippen molar-refractivity contribution in [2.24, 2.45) is 11.1 Å². The van der Waals surface area contributed by atoms with E-state index in [-0.39, 0.29) is 26.4 Å². The van der Waals surface area contributed by atoms with Gasteiger partial charge >= 0.3 is 0 Å². The van der Waals surface area contributed by atoms with Crippen LogP contribution >= 0.6 is 23.2 Å². The molecule has 0 aliphatic heterocycles. The van der Waals surface area contributed by atoms with Gasteiger partial charge in [-0.1, -0.05) is 37.0 Å². The van der Waals surface area contributed by atoms with Gasteiger partial charge in [0.2, 0.25) is 10.0 Å². The molecule has 2 N–H and O–H groups in total. The Balaban J connectivity index is 3.31. The third-order valence-corrected chi connectivity index (χ3v) is 4.24. The van der Waals surface area contributed by atoms with Crippen molar-refractivity contribution in [2.45, 2.75) is 18.7 Å². The highest BCUT2D eigenvalue weighted by atomic mass is 35.5. The minimum atomic E-state index is -3.96. The van der Waals surface area contributed by atoms with E-state index in [1.54, 1.807) is 7.05 Å². The van der Waals surface area contributed by atoms with Crippen LogP contribution in [0.3, 0.4) is 0 Å². The molecule has 0 aromatic heterocycles. The summed E-state index contributed by atoms with van der Waals surface area (Å²) in [5.41, 5.74) is 0.0198. The summed E-state index contributed by atoms with van der Waals surface area (Å²) in [6, 6.07) is 2.27. The Morgan fingerprint density at radius 3 is 2.35 bits per heavy atom. The number of nitrogens with two attached hydrogens (primary N) is 1. The molecule has 8 heteroatoms. The molecule has 1 aromatic carbocycles. The number of carbonyl (C=O) groups is 1. The quantitative estimate of drug-likeness (QED) is 0.914. The number of primary sulfonamides is 1. The Labute approximate surface area is 128 Å². The standard InChI is InChI=1S/C12H16Cl2N2O3S/c1-7(2)6-16(3)12(17)9-4-8(20(15,18)19)5-10(13)11(9)14/h4-5,7H,6H2,1-3H3,(H2,15,18,19). The number of benzene rings is 1. The molecule has 112 valence electrons. The fourth-order valence-corrected chi connectivity index (χ4v) is 2.76. The van der Waals surface area contributed by atoms with Crippen molar-refractivity contribution >= 4 is 39.1 Å². The second-order valence-electron chi connectivity index (χ2n) is 4.89. The fraction of sp³-hybridized carbons (Fsp3) is 0.417. The second kappa shape index (κ2) is 6.30. The summed E-state index contributed by atoms with van der Waals surface area (Å²) in [6.45, 7) is 4.42. The lowest BCUT2D eigenvalue weighted by Crippen LogP contribution is -2.30. The summed E-state index contributed by atoms with van der Waals surface area (Å²) in [7, 11) is -2.35. The summed E-state index contributed by atoms with van der Waals surface area (Å²) in [5, 5.41) is 5.03. The molecule has 0 unspecified atom stereocenters. The average Bonchev–Trinajstić information content (AvgIpc) is 2.29. The van der Waals surface area contributed by atoms with Crippen LogP contribution in [0.2, 0.25) is 10.0 Å². The number of rotatable bonds is 4. The summed E-state index contributed by atoms with van der Waals surface area (Å²) >= 11 is 11.8. The number of nitrogens with zero attached hydrogens (tertiary/aromatic N) is 1. The van der Waals surface area contributed by atoms with Crippen LogP contribution in [0.5, 0.6) is 0 Å². The van der Waals surface area contributed by atoms with Crippen LogP contribution in [0.4, 0.5) is 0 Å². The van der Waals surface area contributed by atoms with Gasteiger partial charge in [-0.2, -0.15) is 0 Å². The molecule has 0 aliphatic carbocycles. The van der Waals surface area contributed by atoms with Gasteiger partial charge in [0.25, 0.3) is 5.91 Å². The van der Waals surface area contributed by atoms with E-state index in [1.807, 2.05) is 13.8 Å². The van der Waals surface area contributed by atoms with Gasteiger partial charge in [-0.3, -0.25) is 4.79 Å². The van der Waals surface area contributed by atoms with Crippen molar-refractivity contribution in [3.63, 3.8) is 0 Å². The summed E-state index contributed by atoms with van der Waals surface area (Å²) < 4.78 is 22.7. The number of sulfonamides is 1. The second-order valence-corrected chi connectivity index (χ2v) is 7.24. The van der Waals surface area contributed by atoms with E-state index in [1.165, 1.54) is 4.90 Å². The Kier molecular flexibility index (Phi) is 5.43. The maximum Gasteiger partial charge on any atom is 0.255 e. The van der Waals surface area contributed by atoms with Crippen LogP contribution in [0.25, 0.3) is 0 Å². The first-order valence-electron chi connectivity index (χ1n) is 5.81. The summed E-state index contributed by atoms with van der Waals surface area (Å²) in [5.74, 6) is -0.143. The van der Waals surface area contributed by atoms with Crippen LogP contribution in [0.15, 0.2) is 17.0 Å². The van der Waals surface area contributed by atoms with E-state index < -0.39 is 15.9 Å². The maximum atomic E-state index is 12.3. The van der Waals surface area contributed by atoms with E-state index in [2.05, 4.69) is 0 Å². The molecule has 1 rings (SSSR count). The Bertz CT molecular complexity index is 630. The third kappa shape index (κ3) is 4.09. The van der Waals surface area contributed by atoms with Gasteiger partial charge < -0.3 is 4.90 Å². The predicted molar refractivity (Wildman–Crippen MR) is 79.6 cm³/mol. The zero-order chi connectivity index (χ0) is 15.7. The number of hydrogen-bond donors (Lipinski definition) is 1. The van der Waals surface area contributed by atoms with E-state index in [4.69, 9.17) is 28.3 Å². The molecule has 0 aliphatic rings. The van der Waals surface area contributed by atoms with Crippen LogP contribution < -0.4 is 5.14 Å². The summed E-state index contributed by atoms with van der Waals surface area (Å²) in [4.78, 5) is 13.5. The molecule has 0 fully saturated rings. The number of hydrogen-bond acceptors (Lipinski definition) is 3. The molecule has 20 heavy (non-hydrogen) atoms. The van der Waals surface area contributed by atoms with E-state index in [9.17, 15) is 13.2 Å². The Morgan fingerprint density at radius 2 is 1.90 bits per heavy atom. The lowest BCUT2D eigenvalue weighted by molar-refractivity contribution is 0.0779. The van der Waals surface area contributed by atoms with Gasteiger partial charge in [0.05, 0.1) is 20.5 Å². The van der Waals surface area contributed by atoms with Crippen molar-refractivity contribution in [1.29, 1.82) is 0 Å². The predicted octanol–water partition coefficient (Wildman–Crippen LogP) is 2.37. The monoisotopic (exact) mass is 338 g/mol. The molecular weight excluding hydrogens is 323 g/mol. The van der Waals surface area contributed by atoms with Crippen LogP contribution in [0, 0.1) is 5.92 Å². The van der Waals surface area contributed by atoms with Gasteiger partial charge in [-0.15, -0.1) is 0 Å². The molecule has 0 spiro atoms. The van der Waals surface area contributed by atoms with Gasteiger partial charge in [0.1, 0.15) is 0 Å². The molecule has 1 aromatic rings. The van der Waals surface area contributed by atoms with Crippen molar-refractivity contribution in [3.05, 3.63) is 27.7 Å². The maximum absolute atomic E-state index is 12.3. The first kappa shape index (κ1) is 17.2. The molecule has 0 radical (unpaired) electrons. The normalized spacial score (nSPS) is 11.8. The first-order chi connectivity index (χ1) is 9.04. The topological polar surface area (TPSA) is 80.5 Å². The van der Waals surface area contributed by atoms with Gasteiger partial charge in [0.15, 0.2) is 0 Å². The number of carbonyl (C=O) groups excluding carboxylic acids is 1. The fourth-order valence-electron chi connectivity index (χ4n) is 1.72. The van der Waals surface area contributed by atoms with E-state index >= 15 is 0 Å². The highest BCUT2D eigenvalue weighted by Gasteiger charge is 2.21. The van der Waals surface area contributed by atoms with Crippen molar-refractivity contribution in [1.82, 2.24) is 4.90 Å². The molecule has 0 atom stereocenters. The van der Waals surface area contributed by atoms with Crippen molar-refractivity contribution < 1.29 is 13.2 Å². The zero-order valence-corrected chi connectivity index (χ0v) is 13.7. The Hall–Kier alpha value is -0.820. The first-order valence-corrected chi connectivity index (χ1v) is 8.11. The number of halogens is 2. The largest absolute Gasteiger partial charge is 0.341 e. The van der Waals surface area contributed by atoms with Crippen molar-refractivity contribution in [3.8, 4) is 0 Å². The Morgan fingerprint density at radius 1 is 1.35 bits per heavy atom. The zero-order valence-electron chi connectivity index (χ0n) is 11.4. The minimum absolute atomic E-state index is 0.0136. The lowest BCUT2D eigenvalue weighted by atomic mass is 10.1. The van der Waals surface area contributed by atoms with Crippen LogP contribution in [0.1, 0.15) is 24.2 Å². The molecular formula is C12H16Cl2N2O3S. The number of amides is 1. The van der Waals surface area contributed by atoms with Gasteiger partial charge in [-0.05, 0) is 18.1 Å². The highest BCUT2D eigenvalue weighted by molar-refractivity contribution is 7.89. The molecule has 0 saturated carbocycles. The van der Waals surface area contributed by atoms with Crippen LogP contribution in [-0.4, -0.2) is 32.8 Å². The van der Waals surface area contributed by atoms with E-state index in [0.717, 1.165) is 12.1 Å². The van der Waals surface area contributed by atoms with Crippen LogP contribution in [-0.2, 0) is 10.0 Å². The van der Waals surface area contributed by atoms with Gasteiger partial charge in [0, 0.05) is 13.6 Å². The smallest absolute Gasteiger partial charge is 0.255 e. The van der Waals surface area contributed by atoms with Crippen molar-refractivity contribution in [2.75, 3.05) is 13.6 Å².